The molecule has 0 aliphatic heterocycles. The second kappa shape index (κ2) is 6.72. The second-order valence-electron chi connectivity index (χ2n) is 5.36. The molecular weight excluding hydrogens is 265 g/mol. The van der Waals surface area contributed by atoms with E-state index in [1.54, 1.807) is 6.07 Å². The molecule has 0 aliphatic rings. The van der Waals surface area contributed by atoms with Crippen molar-refractivity contribution in [3.05, 3.63) is 58.9 Å². The molecule has 0 saturated carbocycles. The lowest BCUT2D eigenvalue weighted by Crippen LogP contribution is -2.19. The lowest BCUT2D eigenvalue weighted by molar-refractivity contribution is 0.447. The van der Waals surface area contributed by atoms with Gasteiger partial charge in [-0.15, -0.1) is 0 Å². The van der Waals surface area contributed by atoms with Crippen LogP contribution in [0.3, 0.4) is 0 Å². The maximum absolute atomic E-state index is 14.2. The SMILES string of the molecule is CCNC(C)c1c(F)cccc1Oc1cc(C)cc(C)c1. The zero-order valence-electron chi connectivity index (χ0n) is 13.0. The van der Waals surface area contributed by atoms with Gasteiger partial charge in [-0.25, -0.2) is 4.39 Å². The number of benzene rings is 2. The Hall–Kier alpha value is -1.87. The number of halogens is 1. The molecular formula is C18H22FNO. The number of aryl methyl sites for hydroxylation is 2. The summed E-state index contributed by atoms with van der Waals surface area (Å²) in [6.45, 7) is 8.76. The van der Waals surface area contributed by atoms with Crippen molar-refractivity contribution in [1.29, 1.82) is 0 Å². The predicted octanol–water partition coefficient (Wildman–Crippen LogP) is 4.91. The number of rotatable bonds is 5. The van der Waals surface area contributed by atoms with Crippen molar-refractivity contribution in [3.8, 4) is 11.5 Å². The quantitative estimate of drug-likeness (QED) is 0.844. The molecule has 0 saturated heterocycles. The van der Waals surface area contributed by atoms with Crippen molar-refractivity contribution in [3.63, 3.8) is 0 Å². The van der Waals surface area contributed by atoms with Crippen LogP contribution in [0.2, 0.25) is 0 Å². The molecule has 0 spiro atoms. The first-order valence-corrected chi connectivity index (χ1v) is 7.29. The normalized spacial score (nSPS) is 12.2. The maximum Gasteiger partial charge on any atom is 0.135 e. The molecule has 2 rings (SSSR count). The Morgan fingerprint density at radius 2 is 1.81 bits per heavy atom. The fourth-order valence-electron chi connectivity index (χ4n) is 2.55. The van der Waals surface area contributed by atoms with Gasteiger partial charge in [0, 0.05) is 11.6 Å². The van der Waals surface area contributed by atoms with Crippen molar-refractivity contribution in [2.45, 2.75) is 33.7 Å². The van der Waals surface area contributed by atoms with E-state index >= 15 is 0 Å². The fourth-order valence-corrected chi connectivity index (χ4v) is 2.55. The molecule has 0 bridgehead atoms. The first-order chi connectivity index (χ1) is 10.0. The summed E-state index contributed by atoms with van der Waals surface area (Å²) in [6.07, 6.45) is 0. The summed E-state index contributed by atoms with van der Waals surface area (Å²) >= 11 is 0. The van der Waals surface area contributed by atoms with Crippen molar-refractivity contribution < 1.29 is 9.13 Å². The monoisotopic (exact) mass is 287 g/mol. The summed E-state index contributed by atoms with van der Waals surface area (Å²) in [5, 5.41) is 3.23. The van der Waals surface area contributed by atoms with E-state index in [-0.39, 0.29) is 11.9 Å². The number of nitrogens with one attached hydrogen (secondary N) is 1. The third-order valence-electron chi connectivity index (χ3n) is 3.38. The van der Waals surface area contributed by atoms with E-state index in [0.29, 0.717) is 11.3 Å². The molecule has 3 heteroatoms. The van der Waals surface area contributed by atoms with Gasteiger partial charge in [0.2, 0.25) is 0 Å². The second-order valence-corrected chi connectivity index (χ2v) is 5.36. The molecule has 21 heavy (non-hydrogen) atoms. The van der Waals surface area contributed by atoms with Gasteiger partial charge < -0.3 is 10.1 Å². The van der Waals surface area contributed by atoms with Crippen LogP contribution in [0.15, 0.2) is 36.4 Å². The Kier molecular flexibility index (Phi) is 4.97. The van der Waals surface area contributed by atoms with Crippen LogP contribution in [0.25, 0.3) is 0 Å². The average Bonchev–Trinajstić information content (AvgIpc) is 2.37. The first kappa shape index (κ1) is 15.5. The van der Waals surface area contributed by atoms with Gasteiger partial charge in [0.1, 0.15) is 17.3 Å². The Morgan fingerprint density at radius 1 is 1.14 bits per heavy atom. The predicted molar refractivity (Wildman–Crippen MR) is 84.5 cm³/mol. The molecule has 0 aliphatic carbocycles. The molecule has 2 aromatic carbocycles. The van der Waals surface area contributed by atoms with Crippen LogP contribution in [0, 0.1) is 19.7 Å². The van der Waals surface area contributed by atoms with Crippen LogP contribution < -0.4 is 10.1 Å². The van der Waals surface area contributed by atoms with Crippen molar-refractivity contribution in [2.24, 2.45) is 0 Å². The molecule has 1 N–H and O–H groups in total. The Morgan fingerprint density at radius 3 is 2.43 bits per heavy atom. The first-order valence-electron chi connectivity index (χ1n) is 7.29. The summed E-state index contributed by atoms with van der Waals surface area (Å²) in [6, 6.07) is 10.9. The van der Waals surface area contributed by atoms with E-state index in [2.05, 4.69) is 11.4 Å². The van der Waals surface area contributed by atoms with Crippen molar-refractivity contribution in [1.82, 2.24) is 5.32 Å². The number of hydrogen-bond donors (Lipinski definition) is 1. The van der Waals surface area contributed by atoms with Crippen LogP contribution in [0.1, 0.15) is 36.6 Å². The molecule has 1 atom stereocenters. The van der Waals surface area contributed by atoms with E-state index < -0.39 is 0 Å². The van der Waals surface area contributed by atoms with Crippen LogP contribution in [0.5, 0.6) is 11.5 Å². The summed E-state index contributed by atoms with van der Waals surface area (Å²) in [5.41, 5.74) is 2.82. The van der Waals surface area contributed by atoms with Gasteiger partial charge in [0.05, 0.1) is 0 Å². The van der Waals surface area contributed by atoms with Gasteiger partial charge in [-0.05, 0) is 62.7 Å². The highest BCUT2D eigenvalue weighted by Crippen LogP contribution is 2.32. The molecule has 0 aromatic heterocycles. The minimum Gasteiger partial charge on any atom is -0.457 e. The Labute approximate surface area is 126 Å². The van der Waals surface area contributed by atoms with Crippen molar-refractivity contribution >= 4 is 0 Å². The van der Waals surface area contributed by atoms with E-state index in [1.165, 1.54) is 6.07 Å². The molecule has 2 nitrogen and oxygen atoms in total. The van der Waals surface area contributed by atoms with E-state index in [9.17, 15) is 4.39 Å². The maximum atomic E-state index is 14.2. The van der Waals surface area contributed by atoms with Crippen LogP contribution in [-0.2, 0) is 0 Å². The average molecular weight is 287 g/mol. The topological polar surface area (TPSA) is 21.3 Å². The standard InChI is InChI=1S/C18H22FNO/c1-5-20-14(4)18-16(19)7-6-8-17(18)21-15-10-12(2)9-13(3)11-15/h6-11,14,20H,5H2,1-4H3. The summed E-state index contributed by atoms with van der Waals surface area (Å²) in [4.78, 5) is 0. The highest BCUT2D eigenvalue weighted by molar-refractivity contribution is 5.42. The minimum atomic E-state index is -0.245. The van der Waals surface area contributed by atoms with Gasteiger partial charge in [0.25, 0.3) is 0 Å². The Balaban J connectivity index is 2.37. The minimum absolute atomic E-state index is 0.0999. The van der Waals surface area contributed by atoms with Gasteiger partial charge >= 0.3 is 0 Å². The molecule has 0 fully saturated rings. The summed E-state index contributed by atoms with van der Waals surface area (Å²) < 4.78 is 20.1. The third kappa shape index (κ3) is 3.82. The van der Waals surface area contributed by atoms with Gasteiger partial charge in [0.15, 0.2) is 0 Å². The highest BCUT2D eigenvalue weighted by atomic mass is 19.1. The number of hydrogen-bond acceptors (Lipinski definition) is 2. The molecule has 112 valence electrons. The highest BCUT2D eigenvalue weighted by Gasteiger charge is 2.16. The Bertz CT molecular complexity index is 604. The smallest absolute Gasteiger partial charge is 0.135 e. The third-order valence-corrected chi connectivity index (χ3v) is 3.38. The zero-order valence-corrected chi connectivity index (χ0v) is 13.0. The van der Waals surface area contributed by atoms with Gasteiger partial charge in [-0.1, -0.05) is 19.1 Å². The van der Waals surface area contributed by atoms with Crippen LogP contribution in [0.4, 0.5) is 4.39 Å². The molecule has 0 amide bonds. The zero-order chi connectivity index (χ0) is 15.4. The lowest BCUT2D eigenvalue weighted by Gasteiger charge is -2.18. The van der Waals surface area contributed by atoms with Gasteiger partial charge in [-0.3, -0.25) is 0 Å². The summed E-state index contributed by atoms with van der Waals surface area (Å²) in [5.74, 6) is 1.06. The number of ether oxygens (including phenoxy) is 1. The molecule has 0 heterocycles. The largest absolute Gasteiger partial charge is 0.457 e. The molecule has 0 radical (unpaired) electrons. The van der Waals surface area contributed by atoms with Gasteiger partial charge in [-0.2, -0.15) is 0 Å². The lowest BCUT2D eigenvalue weighted by atomic mass is 10.1. The van der Waals surface area contributed by atoms with Crippen molar-refractivity contribution in [2.75, 3.05) is 6.54 Å². The molecule has 2 aromatic rings. The van der Waals surface area contributed by atoms with Crippen LogP contribution in [-0.4, -0.2) is 6.54 Å². The van der Waals surface area contributed by atoms with E-state index in [1.807, 2.05) is 45.9 Å². The van der Waals surface area contributed by atoms with Crippen LogP contribution >= 0.6 is 0 Å². The molecule has 1 unspecified atom stereocenters. The fraction of sp³-hybridized carbons (Fsp3) is 0.333. The van der Waals surface area contributed by atoms with E-state index in [4.69, 9.17) is 4.74 Å². The van der Waals surface area contributed by atoms with E-state index in [0.717, 1.165) is 23.4 Å². The summed E-state index contributed by atoms with van der Waals surface area (Å²) in [7, 11) is 0.